The molecule has 0 unspecified atom stereocenters. The zero-order valence-corrected chi connectivity index (χ0v) is 15.6. The summed E-state index contributed by atoms with van der Waals surface area (Å²) in [5.41, 5.74) is 4.20. The van der Waals surface area contributed by atoms with Crippen LogP contribution in [0.2, 0.25) is 0 Å². The number of hydrogen-bond acceptors (Lipinski definition) is 2. The topological polar surface area (TPSA) is 39.3 Å². The molecular weight excluding hydrogens is 310 g/mol. The summed E-state index contributed by atoms with van der Waals surface area (Å²) in [7, 11) is 2.24. The van der Waals surface area contributed by atoms with Gasteiger partial charge in [-0.25, -0.2) is 0 Å². The summed E-state index contributed by atoms with van der Waals surface area (Å²) in [6.45, 7) is 6.80. The van der Waals surface area contributed by atoms with Crippen LogP contribution in [0.25, 0.3) is 10.9 Å². The van der Waals surface area contributed by atoms with Gasteiger partial charge >= 0.3 is 0 Å². The van der Waals surface area contributed by atoms with Crippen molar-refractivity contribution in [3.63, 3.8) is 0 Å². The van der Waals surface area contributed by atoms with Gasteiger partial charge in [-0.1, -0.05) is 12.1 Å². The van der Waals surface area contributed by atoms with Gasteiger partial charge < -0.3 is 14.8 Å². The summed E-state index contributed by atoms with van der Waals surface area (Å²) >= 11 is 0. The third-order valence-corrected chi connectivity index (χ3v) is 6.39. The van der Waals surface area contributed by atoms with Crippen LogP contribution in [0, 0.1) is 5.92 Å². The van der Waals surface area contributed by atoms with Gasteiger partial charge in [0.1, 0.15) is 0 Å². The van der Waals surface area contributed by atoms with E-state index >= 15 is 0 Å². The van der Waals surface area contributed by atoms with Gasteiger partial charge in [0.15, 0.2) is 0 Å². The summed E-state index contributed by atoms with van der Waals surface area (Å²) in [5, 5.41) is 1.44. The molecule has 2 aliphatic rings. The van der Waals surface area contributed by atoms with Gasteiger partial charge in [0.05, 0.1) is 0 Å². The number of H-pyrrole nitrogens is 1. The van der Waals surface area contributed by atoms with Crippen LogP contribution >= 0.6 is 0 Å². The zero-order chi connectivity index (χ0) is 17.6. The van der Waals surface area contributed by atoms with Crippen LogP contribution in [-0.4, -0.2) is 53.4 Å². The standard InChI is InChI=1S/C21H29N3O/c1-4-24(5-2)20(25)10-14-9-17-16-7-6-8-18-21(16)15(12-22-18)11-19(17)23(3)13-14/h6-8,12,14,17,19,22H,4-5,9-11,13H2,1-3H3/t14-,17+,19+/m0/s1. The quantitative estimate of drug-likeness (QED) is 0.927. The number of amides is 1. The Morgan fingerprint density at radius 2 is 2.12 bits per heavy atom. The number of carbonyl (C=O) groups is 1. The van der Waals surface area contributed by atoms with E-state index in [4.69, 9.17) is 0 Å². The van der Waals surface area contributed by atoms with Crippen molar-refractivity contribution in [2.45, 2.75) is 45.1 Å². The van der Waals surface area contributed by atoms with Crippen molar-refractivity contribution in [3.8, 4) is 0 Å². The van der Waals surface area contributed by atoms with Gasteiger partial charge in [-0.15, -0.1) is 0 Å². The molecule has 0 saturated carbocycles. The molecule has 0 bridgehead atoms. The third kappa shape index (κ3) is 2.77. The van der Waals surface area contributed by atoms with Gasteiger partial charge in [0.2, 0.25) is 5.91 Å². The molecule has 0 radical (unpaired) electrons. The number of benzene rings is 1. The Bertz CT molecular complexity index is 777. The lowest BCUT2D eigenvalue weighted by Crippen LogP contribution is -2.48. The molecule has 2 heterocycles. The zero-order valence-electron chi connectivity index (χ0n) is 15.6. The number of hydrogen-bond donors (Lipinski definition) is 1. The Kier molecular flexibility index (Phi) is 4.32. The van der Waals surface area contributed by atoms with Crippen molar-refractivity contribution < 1.29 is 4.79 Å². The number of likely N-dealkylation sites (tertiary alicyclic amines) is 1. The van der Waals surface area contributed by atoms with E-state index in [0.29, 0.717) is 30.2 Å². The van der Waals surface area contributed by atoms with Crippen LogP contribution in [0.1, 0.15) is 43.7 Å². The minimum Gasteiger partial charge on any atom is -0.361 e. The lowest BCUT2D eigenvalue weighted by molar-refractivity contribution is -0.132. The largest absolute Gasteiger partial charge is 0.361 e. The highest BCUT2D eigenvalue weighted by atomic mass is 16.2. The first kappa shape index (κ1) is 16.6. The molecule has 1 N–H and O–H groups in total. The number of piperidine rings is 1. The molecular formula is C21H29N3O. The molecule has 4 heteroatoms. The first-order chi connectivity index (χ1) is 12.1. The molecule has 3 atom stereocenters. The first-order valence-electron chi connectivity index (χ1n) is 9.69. The van der Waals surface area contributed by atoms with Crippen molar-refractivity contribution in [1.29, 1.82) is 0 Å². The van der Waals surface area contributed by atoms with E-state index in [1.165, 1.54) is 22.0 Å². The molecule has 1 aliphatic carbocycles. The van der Waals surface area contributed by atoms with Crippen molar-refractivity contribution in [2.24, 2.45) is 5.92 Å². The van der Waals surface area contributed by atoms with Crippen molar-refractivity contribution >= 4 is 16.8 Å². The maximum absolute atomic E-state index is 12.6. The Morgan fingerprint density at radius 1 is 1.32 bits per heavy atom. The molecule has 134 valence electrons. The van der Waals surface area contributed by atoms with Gasteiger partial charge in [0.25, 0.3) is 0 Å². The van der Waals surface area contributed by atoms with Crippen LogP contribution < -0.4 is 0 Å². The fraction of sp³-hybridized carbons (Fsp3) is 0.571. The number of nitrogens with one attached hydrogen (secondary N) is 1. The average Bonchev–Trinajstić information content (AvgIpc) is 3.02. The second-order valence-corrected chi connectivity index (χ2v) is 7.77. The smallest absolute Gasteiger partial charge is 0.222 e. The van der Waals surface area contributed by atoms with Gasteiger partial charge in [0, 0.05) is 55.1 Å². The molecule has 4 rings (SSSR count). The molecule has 1 amide bonds. The number of aromatic amines is 1. The average molecular weight is 339 g/mol. The van der Waals surface area contributed by atoms with E-state index in [1.807, 2.05) is 4.90 Å². The molecule has 0 spiro atoms. The molecule has 1 aromatic heterocycles. The third-order valence-electron chi connectivity index (χ3n) is 6.39. The monoisotopic (exact) mass is 339 g/mol. The number of nitrogens with zero attached hydrogens (tertiary/aromatic N) is 2. The Morgan fingerprint density at radius 3 is 2.88 bits per heavy atom. The summed E-state index contributed by atoms with van der Waals surface area (Å²) in [6.07, 6.45) is 5.13. The van der Waals surface area contributed by atoms with Gasteiger partial charge in [-0.05, 0) is 56.8 Å². The van der Waals surface area contributed by atoms with Gasteiger partial charge in [-0.3, -0.25) is 4.79 Å². The minimum absolute atomic E-state index is 0.318. The Hall–Kier alpha value is -1.81. The number of likely N-dealkylation sites (N-methyl/N-ethyl adjacent to an activating group) is 1. The van der Waals surface area contributed by atoms with E-state index in [1.54, 1.807) is 0 Å². The minimum atomic E-state index is 0.318. The summed E-state index contributed by atoms with van der Waals surface area (Å²) in [4.78, 5) is 20.5. The Labute approximate surface area is 150 Å². The normalized spacial score (nSPS) is 25.8. The van der Waals surface area contributed by atoms with Crippen molar-refractivity contribution in [3.05, 3.63) is 35.5 Å². The Balaban J connectivity index is 1.60. The molecule has 4 nitrogen and oxygen atoms in total. The number of fused-ring (bicyclic) bond motifs is 2. The second kappa shape index (κ2) is 6.49. The van der Waals surface area contributed by atoms with Crippen LogP contribution in [0.5, 0.6) is 0 Å². The maximum Gasteiger partial charge on any atom is 0.222 e. The first-order valence-corrected chi connectivity index (χ1v) is 9.69. The fourth-order valence-electron chi connectivity index (χ4n) is 5.15. The molecule has 1 aromatic carbocycles. The van der Waals surface area contributed by atoms with E-state index < -0.39 is 0 Å². The predicted molar refractivity (Wildman–Crippen MR) is 102 cm³/mol. The summed E-state index contributed by atoms with van der Waals surface area (Å²) in [5.74, 6) is 1.31. The number of carbonyl (C=O) groups excluding carboxylic acids is 1. The maximum atomic E-state index is 12.6. The molecule has 25 heavy (non-hydrogen) atoms. The van der Waals surface area contributed by atoms with Crippen LogP contribution in [0.4, 0.5) is 0 Å². The molecule has 1 fully saturated rings. The summed E-state index contributed by atoms with van der Waals surface area (Å²) in [6, 6.07) is 7.22. The van der Waals surface area contributed by atoms with Crippen molar-refractivity contribution in [1.82, 2.24) is 14.8 Å². The number of aromatic nitrogens is 1. The SMILES string of the molecule is CCN(CC)C(=O)C[C@@H]1C[C@@H]2c3cccc4[nH]cc(c34)C[C@H]2N(C)C1. The molecule has 1 aliphatic heterocycles. The van der Waals surface area contributed by atoms with Crippen LogP contribution in [0.3, 0.4) is 0 Å². The second-order valence-electron chi connectivity index (χ2n) is 7.77. The van der Waals surface area contributed by atoms with Crippen LogP contribution in [-0.2, 0) is 11.2 Å². The van der Waals surface area contributed by atoms with E-state index in [9.17, 15) is 4.79 Å². The fourth-order valence-corrected chi connectivity index (χ4v) is 5.15. The van der Waals surface area contributed by atoms with E-state index in [-0.39, 0.29) is 0 Å². The van der Waals surface area contributed by atoms with Gasteiger partial charge in [-0.2, -0.15) is 0 Å². The molecule has 2 aromatic rings. The lowest BCUT2D eigenvalue weighted by atomic mass is 9.72. The van der Waals surface area contributed by atoms with E-state index in [2.05, 4.69) is 55.2 Å². The lowest BCUT2D eigenvalue weighted by Gasteiger charge is -2.45. The predicted octanol–water partition coefficient (Wildman–Crippen LogP) is 3.39. The van der Waals surface area contributed by atoms with Crippen LogP contribution in [0.15, 0.2) is 24.4 Å². The highest BCUT2D eigenvalue weighted by Crippen LogP contribution is 2.44. The number of rotatable bonds is 4. The van der Waals surface area contributed by atoms with E-state index in [0.717, 1.165) is 32.5 Å². The molecule has 1 saturated heterocycles. The highest BCUT2D eigenvalue weighted by molar-refractivity contribution is 5.88. The highest BCUT2D eigenvalue weighted by Gasteiger charge is 2.39. The van der Waals surface area contributed by atoms with Crippen molar-refractivity contribution in [2.75, 3.05) is 26.7 Å². The summed E-state index contributed by atoms with van der Waals surface area (Å²) < 4.78 is 0.